The molecule has 0 bridgehead atoms. The number of anilines is 1. The van der Waals surface area contributed by atoms with Gasteiger partial charge in [-0.25, -0.2) is 0 Å². The maximum atomic E-state index is 12.6. The molecular formula is C24H21ClN2O5. The molecule has 1 N–H and O–H groups in total. The molecule has 3 aromatic carbocycles. The van der Waals surface area contributed by atoms with Crippen LogP contribution >= 0.6 is 11.6 Å². The number of amides is 2. The van der Waals surface area contributed by atoms with E-state index < -0.39 is 0 Å². The number of nitrogens with one attached hydrogen (secondary N) is 1. The van der Waals surface area contributed by atoms with Crippen LogP contribution in [-0.2, 0) is 11.3 Å². The topological polar surface area (TPSA) is 77.1 Å². The average molecular weight is 453 g/mol. The first-order valence-electron chi connectivity index (χ1n) is 9.91. The molecular weight excluding hydrogens is 432 g/mol. The largest absolute Gasteiger partial charge is 0.484 e. The van der Waals surface area contributed by atoms with Gasteiger partial charge in [0.1, 0.15) is 5.75 Å². The van der Waals surface area contributed by atoms with Gasteiger partial charge in [0.25, 0.3) is 11.8 Å². The molecule has 0 fully saturated rings. The number of hydrogen-bond acceptors (Lipinski definition) is 5. The maximum absolute atomic E-state index is 12.6. The van der Waals surface area contributed by atoms with Crippen LogP contribution in [0.3, 0.4) is 0 Å². The van der Waals surface area contributed by atoms with E-state index in [1.165, 1.54) is 4.90 Å². The third-order valence-electron chi connectivity index (χ3n) is 4.92. The second kappa shape index (κ2) is 9.62. The van der Waals surface area contributed by atoms with Crippen molar-refractivity contribution in [1.29, 1.82) is 0 Å². The predicted molar refractivity (Wildman–Crippen MR) is 121 cm³/mol. The zero-order valence-electron chi connectivity index (χ0n) is 17.3. The number of rotatable bonds is 7. The zero-order chi connectivity index (χ0) is 22.5. The lowest BCUT2D eigenvalue weighted by Crippen LogP contribution is -2.28. The number of benzene rings is 3. The zero-order valence-corrected chi connectivity index (χ0v) is 18.1. The fourth-order valence-corrected chi connectivity index (χ4v) is 3.25. The predicted octanol–water partition coefficient (Wildman–Crippen LogP) is 4.04. The first kappa shape index (κ1) is 21.5. The third-order valence-corrected chi connectivity index (χ3v) is 5.17. The van der Waals surface area contributed by atoms with Gasteiger partial charge in [-0.05, 0) is 66.2 Å². The van der Waals surface area contributed by atoms with Crippen LogP contribution in [0.25, 0.3) is 0 Å². The van der Waals surface area contributed by atoms with Crippen LogP contribution < -0.4 is 24.4 Å². The van der Waals surface area contributed by atoms with Crippen molar-refractivity contribution in [3.05, 3.63) is 82.9 Å². The molecule has 164 valence electrons. The molecule has 0 radical (unpaired) electrons. The highest BCUT2D eigenvalue weighted by atomic mass is 35.5. The van der Waals surface area contributed by atoms with E-state index >= 15 is 0 Å². The minimum Gasteiger partial charge on any atom is -0.484 e. The van der Waals surface area contributed by atoms with Crippen molar-refractivity contribution in [3.63, 3.8) is 0 Å². The van der Waals surface area contributed by atoms with E-state index in [0.29, 0.717) is 40.1 Å². The summed E-state index contributed by atoms with van der Waals surface area (Å²) in [5, 5.41) is 3.38. The molecule has 0 spiro atoms. The lowest BCUT2D eigenvalue weighted by Gasteiger charge is -2.18. The minimum absolute atomic E-state index is 0.122. The molecule has 0 aliphatic carbocycles. The molecule has 7 nitrogen and oxygen atoms in total. The van der Waals surface area contributed by atoms with Gasteiger partial charge in [0, 0.05) is 29.9 Å². The van der Waals surface area contributed by atoms with Crippen molar-refractivity contribution in [2.24, 2.45) is 0 Å². The number of halogens is 1. The van der Waals surface area contributed by atoms with Crippen LogP contribution in [0.2, 0.25) is 5.02 Å². The number of carbonyl (C=O) groups is 2. The van der Waals surface area contributed by atoms with Crippen LogP contribution in [0, 0.1) is 0 Å². The number of ether oxygens (including phenoxy) is 3. The van der Waals surface area contributed by atoms with Crippen molar-refractivity contribution in [2.45, 2.75) is 6.54 Å². The molecule has 4 rings (SSSR count). The molecule has 8 heteroatoms. The van der Waals surface area contributed by atoms with Gasteiger partial charge in [0.05, 0.1) is 0 Å². The molecule has 0 saturated heterocycles. The van der Waals surface area contributed by atoms with Crippen LogP contribution in [0.1, 0.15) is 15.9 Å². The Labute approximate surface area is 190 Å². The Morgan fingerprint density at radius 1 is 1.00 bits per heavy atom. The Bertz CT molecular complexity index is 1120. The fraction of sp³-hybridized carbons (Fsp3) is 0.167. The van der Waals surface area contributed by atoms with Crippen LogP contribution in [0.15, 0.2) is 66.7 Å². The molecule has 0 unspecified atom stereocenters. The van der Waals surface area contributed by atoms with Gasteiger partial charge in [-0.15, -0.1) is 0 Å². The first-order valence-corrected chi connectivity index (χ1v) is 10.3. The van der Waals surface area contributed by atoms with Gasteiger partial charge in [0.15, 0.2) is 18.1 Å². The monoisotopic (exact) mass is 452 g/mol. The van der Waals surface area contributed by atoms with Crippen LogP contribution in [0.5, 0.6) is 17.2 Å². The molecule has 1 aliphatic rings. The number of fused-ring (bicyclic) bond motifs is 1. The quantitative estimate of drug-likeness (QED) is 0.585. The van der Waals surface area contributed by atoms with Gasteiger partial charge in [0.2, 0.25) is 6.79 Å². The van der Waals surface area contributed by atoms with E-state index in [1.807, 2.05) is 18.2 Å². The van der Waals surface area contributed by atoms with Gasteiger partial charge >= 0.3 is 0 Å². The van der Waals surface area contributed by atoms with Crippen LogP contribution in [-0.4, -0.2) is 32.3 Å². The Morgan fingerprint density at radius 2 is 1.72 bits per heavy atom. The van der Waals surface area contributed by atoms with Crippen LogP contribution in [0.4, 0.5) is 5.69 Å². The molecule has 32 heavy (non-hydrogen) atoms. The van der Waals surface area contributed by atoms with E-state index in [2.05, 4.69) is 5.32 Å². The molecule has 3 aromatic rings. The number of carbonyl (C=O) groups excluding carboxylic acids is 2. The van der Waals surface area contributed by atoms with E-state index in [9.17, 15) is 9.59 Å². The first-order chi connectivity index (χ1) is 15.5. The summed E-state index contributed by atoms with van der Waals surface area (Å²) in [6, 6.07) is 19.2. The second-order valence-corrected chi connectivity index (χ2v) is 7.55. The summed E-state index contributed by atoms with van der Waals surface area (Å²) in [6.45, 7) is 0.446. The fourth-order valence-electron chi connectivity index (χ4n) is 3.12. The SMILES string of the molecule is CN(C(=O)c1ccc(Cl)cc1)c1ccc(OCC(=O)NCc2ccc3c(c2)OCO3)cc1. The molecule has 1 heterocycles. The van der Waals surface area contributed by atoms with Crippen molar-refractivity contribution in [3.8, 4) is 17.2 Å². The smallest absolute Gasteiger partial charge is 0.258 e. The molecule has 0 atom stereocenters. The summed E-state index contributed by atoms with van der Waals surface area (Å²) in [6.07, 6.45) is 0. The molecule has 2 amide bonds. The Morgan fingerprint density at radius 3 is 2.47 bits per heavy atom. The average Bonchev–Trinajstić information content (AvgIpc) is 3.29. The van der Waals surface area contributed by atoms with Crippen molar-refractivity contribution in [2.75, 3.05) is 25.3 Å². The maximum Gasteiger partial charge on any atom is 0.258 e. The van der Waals surface area contributed by atoms with Crippen molar-refractivity contribution in [1.82, 2.24) is 5.32 Å². The van der Waals surface area contributed by atoms with Gasteiger partial charge in [-0.2, -0.15) is 0 Å². The summed E-state index contributed by atoms with van der Waals surface area (Å²) in [5.74, 6) is 1.50. The highest BCUT2D eigenvalue weighted by molar-refractivity contribution is 6.30. The van der Waals surface area contributed by atoms with E-state index in [0.717, 1.165) is 5.56 Å². The van der Waals surface area contributed by atoms with Gasteiger partial charge < -0.3 is 24.4 Å². The summed E-state index contributed by atoms with van der Waals surface area (Å²) < 4.78 is 16.2. The summed E-state index contributed by atoms with van der Waals surface area (Å²) in [4.78, 5) is 26.2. The Hall–Kier alpha value is -3.71. The van der Waals surface area contributed by atoms with Gasteiger partial charge in [-0.3, -0.25) is 9.59 Å². The minimum atomic E-state index is -0.248. The number of nitrogens with zero attached hydrogens (tertiary/aromatic N) is 1. The normalized spacial score (nSPS) is 11.7. The molecule has 0 saturated carbocycles. The van der Waals surface area contributed by atoms with Crippen molar-refractivity contribution >= 4 is 29.1 Å². The summed E-state index contributed by atoms with van der Waals surface area (Å²) >= 11 is 5.88. The molecule has 1 aliphatic heterocycles. The molecule has 0 aromatic heterocycles. The highest BCUT2D eigenvalue weighted by Gasteiger charge is 2.15. The van der Waals surface area contributed by atoms with Crippen molar-refractivity contribution < 1.29 is 23.8 Å². The van der Waals surface area contributed by atoms with E-state index in [1.54, 1.807) is 55.6 Å². The Kier molecular flexibility index (Phi) is 6.47. The third kappa shape index (κ3) is 5.12. The lowest BCUT2D eigenvalue weighted by molar-refractivity contribution is -0.123. The van der Waals surface area contributed by atoms with E-state index in [4.69, 9.17) is 25.8 Å². The van der Waals surface area contributed by atoms with E-state index in [-0.39, 0.29) is 25.2 Å². The lowest BCUT2D eigenvalue weighted by atomic mass is 10.2. The summed E-state index contributed by atoms with van der Waals surface area (Å²) in [5.41, 5.74) is 2.14. The standard InChI is InChI=1S/C24H21ClN2O5/c1-27(24(29)17-3-5-18(25)6-4-17)19-7-9-20(10-8-19)30-14-23(28)26-13-16-2-11-21-22(12-16)32-15-31-21/h2-12H,13-15H2,1H3,(H,26,28). The second-order valence-electron chi connectivity index (χ2n) is 7.12. The summed E-state index contributed by atoms with van der Waals surface area (Å²) in [7, 11) is 1.69. The number of hydrogen-bond donors (Lipinski definition) is 1. The highest BCUT2D eigenvalue weighted by Crippen LogP contribution is 2.32. The Balaban J connectivity index is 1.26. The van der Waals surface area contributed by atoms with Gasteiger partial charge in [-0.1, -0.05) is 17.7 Å².